The van der Waals surface area contributed by atoms with Crippen LogP contribution in [-0.2, 0) is 0 Å². The van der Waals surface area contributed by atoms with Gasteiger partial charge in [0.05, 0.1) is 5.56 Å². The van der Waals surface area contributed by atoms with Gasteiger partial charge in [0.2, 0.25) is 5.95 Å². The molecule has 0 fully saturated rings. The molecule has 1 amide bonds. The molecule has 0 atom stereocenters. The van der Waals surface area contributed by atoms with Crippen LogP contribution in [0.5, 0.6) is 0 Å². The van der Waals surface area contributed by atoms with Crippen LogP contribution in [0.25, 0.3) is 0 Å². The number of aromatic nitrogens is 3. The number of nitrogens with one attached hydrogen (secondary N) is 2. The fourth-order valence-electron chi connectivity index (χ4n) is 1.82. The van der Waals surface area contributed by atoms with E-state index in [9.17, 15) is 4.79 Å². The Morgan fingerprint density at radius 3 is 2.65 bits per heavy atom. The standard InChI is InChI=1S/C15H12ClN5O2/c1-9-5-13(21-23-9)20-15-17-7-10(8-18-15)14(22)19-12-4-2-3-11(16)6-12/h2-8H,1H3,(H,19,22)(H,17,18,20,21). The predicted octanol–water partition coefficient (Wildman–Crippen LogP) is 3.42. The zero-order valence-electron chi connectivity index (χ0n) is 12.1. The maximum atomic E-state index is 12.1. The van der Waals surface area contributed by atoms with Crippen molar-refractivity contribution < 1.29 is 9.32 Å². The lowest BCUT2D eigenvalue weighted by atomic mass is 10.3. The molecule has 2 aromatic heterocycles. The molecule has 0 bridgehead atoms. The Labute approximate surface area is 136 Å². The summed E-state index contributed by atoms with van der Waals surface area (Å²) in [5.74, 6) is 1.16. The lowest BCUT2D eigenvalue weighted by Crippen LogP contribution is -2.13. The lowest BCUT2D eigenvalue weighted by molar-refractivity contribution is 0.102. The largest absolute Gasteiger partial charge is 0.360 e. The molecule has 2 heterocycles. The van der Waals surface area contributed by atoms with Gasteiger partial charge in [-0.2, -0.15) is 0 Å². The van der Waals surface area contributed by atoms with Crippen LogP contribution < -0.4 is 10.6 Å². The highest BCUT2D eigenvalue weighted by atomic mass is 35.5. The number of carbonyl (C=O) groups excluding carboxylic acids is 1. The first-order valence-corrected chi connectivity index (χ1v) is 7.07. The number of amides is 1. The first-order chi connectivity index (χ1) is 11.1. The SMILES string of the molecule is Cc1cc(Nc2ncc(C(=O)Nc3cccc(Cl)c3)cn2)no1. The van der Waals surface area contributed by atoms with Gasteiger partial charge >= 0.3 is 0 Å². The van der Waals surface area contributed by atoms with Gasteiger partial charge in [0.15, 0.2) is 5.82 Å². The molecule has 3 aromatic rings. The number of hydrogen-bond donors (Lipinski definition) is 2. The first-order valence-electron chi connectivity index (χ1n) is 6.69. The number of nitrogens with zero attached hydrogens (tertiary/aromatic N) is 3. The minimum atomic E-state index is -0.323. The molecule has 116 valence electrons. The van der Waals surface area contributed by atoms with E-state index >= 15 is 0 Å². The average Bonchev–Trinajstić information content (AvgIpc) is 2.93. The van der Waals surface area contributed by atoms with Crippen molar-refractivity contribution in [2.45, 2.75) is 6.92 Å². The molecule has 0 aliphatic heterocycles. The topological polar surface area (TPSA) is 92.9 Å². The van der Waals surface area contributed by atoms with Crippen LogP contribution in [0.1, 0.15) is 16.1 Å². The monoisotopic (exact) mass is 329 g/mol. The molecule has 8 heteroatoms. The summed E-state index contributed by atoms with van der Waals surface area (Å²) in [6, 6.07) is 8.59. The van der Waals surface area contributed by atoms with E-state index in [1.807, 2.05) is 0 Å². The minimum absolute atomic E-state index is 0.317. The number of benzene rings is 1. The van der Waals surface area contributed by atoms with E-state index in [1.165, 1.54) is 12.4 Å². The summed E-state index contributed by atoms with van der Waals surface area (Å²) in [6.45, 7) is 1.78. The number of carbonyl (C=O) groups is 1. The molecule has 0 saturated carbocycles. The Hall–Kier alpha value is -2.93. The maximum Gasteiger partial charge on any atom is 0.258 e. The van der Waals surface area contributed by atoms with Gasteiger partial charge in [0.25, 0.3) is 5.91 Å². The third-order valence-corrected chi connectivity index (χ3v) is 3.10. The third kappa shape index (κ3) is 3.83. The summed E-state index contributed by atoms with van der Waals surface area (Å²) in [5, 5.41) is 9.91. The fraction of sp³-hybridized carbons (Fsp3) is 0.0667. The van der Waals surface area contributed by atoms with E-state index in [1.54, 1.807) is 37.3 Å². The Morgan fingerprint density at radius 2 is 2.00 bits per heavy atom. The fourth-order valence-corrected chi connectivity index (χ4v) is 2.01. The molecular formula is C15H12ClN5O2. The maximum absolute atomic E-state index is 12.1. The molecule has 0 aliphatic carbocycles. The molecule has 23 heavy (non-hydrogen) atoms. The number of rotatable bonds is 4. The summed E-state index contributed by atoms with van der Waals surface area (Å²) in [5.41, 5.74) is 0.926. The molecule has 7 nitrogen and oxygen atoms in total. The quantitative estimate of drug-likeness (QED) is 0.761. The van der Waals surface area contributed by atoms with E-state index in [4.69, 9.17) is 16.1 Å². The summed E-state index contributed by atoms with van der Waals surface area (Å²) < 4.78 is 4.93. The molecule has 0 unspecified atom stereocenters. The van der Waals surface area contributed by atoms with Gasteiger partial charge in [-0.05, 0) is 25.1 Å². The zero-order chi connectivity index (χ0) is 16.2. The van der Waals surface area contributed by atoms with Crippen LogP contribution in [0.2, 0.25) is 5.02 Å². The Morgan fingerprint density at radius 1 is 1.22 bits per heavy atom. The highest BCUT2D eigenvalue weighted by molar-refractivity contribution is 6.30. The first kappa shape index (κ1) is 15.0. The van der Waals surface area contributed by atoms with Crippen LogP contribution in [0.4, 0.5) is 17.5 Å². The van der Waals surface area contributed by atoms with Crippen molar-refractivity contribution in [1.29, 1.82) is 0 Å². The summed E-state index contributed by atoms with van der Waals surface area (Å²) in [6.07, 6.45) is 2.84. The molecule has 0 radical (unpaired) electrons. The van der Waals surface area contributed by atoms with Gasteiger partial charge in [0.1, 0.15) is 5.76 Å². The second-order valence-corrected chi connectivity index (χ2v) is 5.14. The van der Waals surface area contributed by atoms with Crippen molar-refractivity contribution >= 4 is 35.0 Å². The molecule has 3 rings (SSSR count). The molecule has 0 spiro atoms. The van der Waals surface area contributed by atoms with Crippen LogP contribution in [0.3, 0.4) is 0 Å². The van der Waals surface area contributed by atoms with Crippen molar-refractivity contribution in [2.75, 3.05) is 10.6 Å². The van der Waals surface area contributed by atoms with E-state index in [-0.39, 0.29) is 5.91 Å². The van der Waals surface area contributed by atoms with Gasteiger partial charge < -0.3 is 15.2 Å². The van der Waals surface area contributed by atoms with Gasteiger partial charge in [-0.1, -0.05) is 22.8 Å². The van der Waals surface area contributed by atoms with Gasteiger partial charge in [0, 0.05) is 29.2 Å². The van der Waals surface area contributed by atoms with Crippen molar-refractivity contribution in [1.82, 2.24) is 15.1 Å². The average molecular weight is 330 g/mol. The van der Waals surface area contributed by atoms with E-state index in [0.717, 1.165) is 0 Å². The van der Waals surface area contributed by atoms with E-state index in [0.29, 0.717) is 33.8 Å². The normalized spacial score (nSPS) is 10.3. The summed E-state index contributed by atoms with van der Waals surface area (Å²) in [4.78, 5) is 20.3. The molecule has 1 aromatic carbocycles. The highest BCUT2D eigenvalue weighted by Gasteiger charge is 2.09. The minimum Gasteiger partial charge on any atom is -0.360 e. The van der Waals surface area contributed by atoms with Crippen molar-refractivity contribution in [3.05, 3.63) is 59.1 Å². The number of anilines is 3. The molecular weight excluding hydrogens is 318 g/mol. The number of hydrogen-bond acceptors (Lipinski definition) is 6. The Bertz CT molecular complexity index is 832. The van der Waals surface area contributed by atoms with Gasteiger partial charge in [-0.3, -0.25) is 4.79 Å². The van der Waals surface area contributed by atoms with Crippen molar-refractivity contribution in [3.63, 3.8) is 0 Å². The van der Waals surface area contributed by atoms with E-state index < -0.39 is 0 Å². The smallest absolute Gasteiger partial charge is 0.258 e. The Balaban J connectivity index is 1.67. The number of halogens is 1. The van der Waals surface area contributed by atoms with Crippen LogP contribution in [0.15, 0.2) is 47.2 Å². The van der Waals surface area contributed by atoms with Crippen molar-refractivity contribution in [3.8, 4) is 0 Å². The predicted molar refractivity (Wildman–Crippen MR) is 86.0 cm³/mol. The Kier molecular flexibility index (Phi) is 4.20. The molecule has 0 aliphatic rings. The van der Waals surface area contributed by atoms with Gasteiger partial charge in [-0.15, -0.1) is 0 Å². The molecule has 2 N–H and O–H groups in total. The van der Waals surface area contributed by atoms with Crippen LogP contribution in [0, 0.1) is 6.92 Å². The van der Waals surface area contributed by atoms with E-state index in [2.05, 4.69) is 25.8 Å². The second-order valence-electron chi connectivity index (χ2n) is 4.71. The van der Waals surface area contributed by atoms with Crippen molar-refractivity contribution in [2.24, 2.45) is 0 Å². The van der Waals surface area contributed by atoms with Gasteiger partial charge in [-0.25, -0.2) is 9.97 Å². The summed E-state index contributed by atoms with van der Waals surface area (Å²) in [7, 11) is 0. The second kappa shape index (κ2) is 6.45. The lowest BCUT2D eigenvalue weighted by Gasteiger charge is -2.05. The third-order valence-electron chi connectivity index (χ3n) is 2.86. The summed E-state index contributed by atoms with van der Waals surface area (Å²) >= 11 is 5.88. The van der Waals surface area contributed by atoms with Crippen LogP contribution >= 0.6 is 11.6 Å². The molecule has 0 saturated heterocycles. The highest BCUT2D eigenvalue weighted by Crippen LogP contribution is 2.16. The van der Waals surface area contributed by atoms with Crippen LogP contribution in [-0.4, -0.2) is 21.0 Å². The zero-order valence-corrected chi connectivity index (χ0v) is 12.8. The number of aryl methyl sites for hydroxylation is 1.